The minimum absolute atomic E-state index is 0.0172. The van der Waals surface area contributed by atoms with Crippen molar-refractivity contribution in [3.63, 3.8) is 0 Å². The Kier molecular flexibility index (Phi) is 4.35. The van der Waals surface area contributed by atoms with E-state index in [2.05, 4.69) is 31.1 Å². The molecule has 0 aromatic carbocycles. The third kappa shape index (κ3) is 3.95. The minimum Gasteiger partial charge on any atom is -0.396 e. The predicted molar refractivity (Wildman–Crippen MR) is 59.4 cm³/mol. The van der Waals surface area contributed by atoms with Gasteiger partial charge in [-0.15, -0.1) is 0 Å². The number of nitrogens with one attached hydrogen (secondary N) is 1. The van der Waals surface area contributed by atoms with Gasteiger partial charge in [0.1, 0.15) is 0 Å². The lowest BCUT2D eigenvalue weighted by molar-refractivity contribution is 0.144. The van der Waals surface area contributed by atoms with Gasteiger partial charge in [-0.2, -0.15) is 0 Å². The summed E-state index contributed by atoms with van der Waals surface area (Å²) in [5.74, 6) is 0. The van der Waals surface area contributed by atoms with Crippen LogP contribution in [0.3, 0.4) is 0 Å². The molecule has 14 heavy (non-hydrogen) atoms. The number of aliphatic hydroxyl groups is 1. The van der Waals surface area contributed by atoms with Crippen LogP contribution < -0.4 is 5.32 Å². The van der Waals surface area contributed by atoms with Crippen LogP contribution in [0.1, 0.15) is 26.7 Å². The molecule has 3 heteroatoms. The van der Waals surface area contributed by atoms with Crippen LogP contribution in [0.2, 0.25) is 0 Å². The smallest absolute Gasteiger partial charge is 0.0494 e. The fourth-order valence-corrected chi connectivity index (χ4v) is 1.69. The molecule has 0 saturated carbocycles. The first-order valence-corrected chi connectivity index (χ1v) is 5.56. The zero-order valence-electron chi connectivity index (χ0n) is 9.71. The Morgan fingerprint density at radius 2 is 1.93 bits per heavy atom. The van der Waals surface area contributed by atoms with E-state index >= 15 is 0 Å². The van der Waals surface area contributed by atoms with Crippen LogP contribution in [-0.2, 0) is 0 Å². The standard InChI is InChI=1S/C11H24N2O/c1-11(2,9-14)8-12-10-4-6-13(3)7-5-10/h10,12,14H,4-9H2,1-3H3. The molecule has 0 unspecified atom stereocenters. The van der Waals surface area contributed by atoms with Crippen molar-refractivity contribution < 1.29 is 5.11 Å². The molecule has 0 bridgehead atoms. The molecule has 0 amide bonds. The minimum atomic E-state index is 0.0172. The lowest BCUT2D eigenvalue weighted by atomic mass is 9.94. The number of hydrogen-bond donors (Lipinski definition) is 2. The molecule has 1 heterocycles. The molecule has 1 fully saturated rings. The number of nitrogens with zero attached hydrogens (tertiary/aromatic N) is 1. The highest BCUT2D eigenvalue weighted by molar-refractivity contribution is 4.79. The number of aliphatic hydroxyl groups excluding tert-OH is 1. The molecule has 0 aromatic rings. The molecule has 0 aliphatic carbocycles. The van der Waals surface area contributed by atoms with Gasteiger partial charge in [0.05, 0.1) is 0 Å². The fraction of sp³-hybridized carbons (Fsp3) is 1.00. The molecule has 0 spiro atoms. The number of piperidine rings is 1. The fourth-order valence-electron chi connectivity index (χ4n) is 1.69. The molecule has 0 aromatic heterocycles. The van der Waals surface area contributed by atoms with Crippen LogP contribution in [0, 0.1) is 5.41 Å². The van der Waals surface area contributed by atoms with Gasteiger partial charge in [0.25, 0.3) is 0 Å². The molecule has 1 saturated heterocycles. The van der Waals surface area contributed by atoms with E-state index < -0.39 is 0 Å². The summed E-state index contributed by atoms with van der Waals surface area (Å²) in [7, 11) is 2.17. The zero-order chi connectivity index (χ0) is 10.6. The van der Waals surface area contributed by atoms with Gasteiger partial charge in [-0.3, -0.25) is 0 Å². The van der Waals surface area contributed by atoms with E-state index in [1.807, 2.05) is 0 Å². The molecular formula is C11H24N2O. The monoisotopic (exact) mass is 200 g/mol. The van der Waals surface area contributed by atoms with E-state index in [4.69, 9.17) is 5.11 Å². The van der Waals surface area contributed by atoms with Gasteiger partial charge in [0.15, 0.2) is 0 Å². The zero-order valence-corrected chi connectivity index (χ0v) is 9.71. The van der Waals surface area contributed by atoms with Crippen molar-refractivity contribution in [2.24, 2.45) is 5.41 Å². The Bertz CT molecular complexity index is 163. The van der Waals surface area contributed by atoms with Gasteiger partial charge >= 0.3 is 0 Å². The van der Waals surface area contributed by atoms with Crippen molar-refractivity contribution >= 4 is 0 Å². The largest absolute Gasteiger partial charge is 0.396 e. The Labute approximate surface area is 87.5 Å². The summed E-state index contributed by atoms with van der Waals surface area (Å²) in [4.78, 5) is 2.37. The number of rotatable bonds is 4. The first kappa shape index (κ1) is 12.0. The van der Waals surface area contributed by atoms with Crippen LogP contribution in [-0.4, -0.2) is 49.3 Å². The third-order valence-corrected chi connectivity index (χ3v) is 3.02. The van der Waals surface area contributed by atoms with Gasteiger partial charge < -0.3 is 15.3 Å². The third-order valence-electron chi connectivity index (χ3n) is 3.02. The molecule has 1 rings (SSSR count). The van der Waals surface area contributed by atoms with Crippen molar-refractivity contribution in [1.82, 2.24) is 10.2 Å². The summed E-state index contributed by atoms with van der Waals surface area (Å²) in [5.41, 5.74) is 0.0172. The van der Waals surface area contributed by atoms with E-state index in [1.165, 1.54) is 25.9 Å². The molecule has 3 nitrogen and oxygen atoms in total. The lowest BCUT2D eigenvalue weighted by Gasteiger charge is -2.32. The summed E-state index contributed by atoms with van der Waals surface area (Å²) in [6.07, 6.45) is 2.47. The van der Waals surface area contributed by atoms with Crippen LogP contribution in [0.25, 0.3) is 0 Å². The summed E-state index contributed by atoms with van der Waals surface area (Å²) in [5, 5.41) is 12.7. The average molecular weight is 200 g/mol. The first-order chi connectivity index (χ1) is 6.53. The lowest BCUT2D eigenvalue weighted by Crippen LogP contribution is -2.44. The first-order valence-electron chi connectivity index (χ1n) is 5.56. The van der Waals surface area contributed by atoms with Crippen molar-refractivity contribution in [3.05, 3.63) is 0 Å². The summed E-state index contributed by atoms with van der Waals surface area (Å²) >= 11 is 0. The van der Waals surface area contributed by atoms with Gasteiger partial charge in [-0.25, -0.2) is 0 Å². The summed E-state index contributed by atoms with van der Waals surface area (Å²) in [6.45, 7) is 7.74. The molecule has 1 aliphatic rings. The van der Waals surface area contributed by atoms with Crippen LogP contribution in [0.4, 0.5) is 0 Å². The van der Waals surface area contributed by atoms with E-state index in [9.17, 15) is 0 Å². The quantitative estimate of drug-likeness (QED) is 0.701. The second-order valence-electron chi connectivity index (χ2n) is 5.28. The van der Waals surface area contributed by atoms with E-state index in [1.54, 1.807) is 0 Å². The Morgan fingerprint density at radius 3 is 2.43 bits per heavy atom. The Balaban J connectivity index is 2.19. The average Bonchev–Trinajstić information content (AvgIpc) is 2.17. The van der Waals surface area contributed by atoms with Crippen molar-refractivity contribution in [1.29, 1.82) is 0 Å². The molecule has 2 N–H and O–H groups in total. The Hall–Kier alpha value is -0.120. The van der Waals surface area contributed by atoms with Crippen molar-refractivity contribution in [2.45, 2.75) is 32.7 Å². The SMILES string of the molecule is CN1CCC(NCC(C)(C)CO)CC1. The highest BCUT2D eigenvalue weighted by Gasteiger charge is 2.20. The number of likely N-dealkylation sites (tertiary alicyclic amines) is 1. The van der Waals surface area contributed by atoms with Gasteiger partial charge in [-0.05, 0) is 33.0 Å². The van der Waals surface area contributed by atoms with Gasteiger partial charge in [0.2, 0.25) is 0 Å². The van der Waals surface area contributed by atoms with Crippen molar-refractivity contribution in [2.75, 3.05) is 33.3 Å². The predicted octanol–water partition coefficient (Wildman–Crippen LogP) is 0.689. The van der Waals surface area contributed by atoms with Gasteiger partial charge in [-0.1, -0.05) is 13.8 Å². The maximum Gasteiger partial charge on any atom is 0.0494 e. The molecule has 1 aliphatic heterocycles. The highest BCUT2D eigenvalue weighted by Crippen LogP contribution is 2.14. The molecular weight excluding hydrogens is 176 g/mol. The highest BCUT2D eigenvalue weighted by atomic mass is 16.3. The van der Waals surface area contributed by atoms with Crippen LogP contribution >= 0.6 is 0 Å². The molecule has 84 valence electrons. The van der Waals surface area contributed by atoms with Crippen LogP contribution in [0.5, 0.6) is 0 Å². The maximum atomic E-state index is 9.12. The second kappa shape index (κ2) is 5.10. The van der Waals surface area contributed by atoms with Gasteiger partial charge in [0, 0.05) is 24.6 Å². The topological polar surface area (TPSA) is 35.5 Å². The Morgan fingerprint density at radius 1 is 1.36 bits per heavy atom. The van der Waals surface area contributed by atoms with E-state index in [0.29, 0.717) is 6.04 Å². The number of hydrogen-bond acceptors (Lipinski definition) is 3. The van der Waals surface area contributed by atoms with E-state index in [0.717, 1.165) is 6.54 Å². The maximum absolute atomic E-state index is 9.12. The van der Waals surface area contributed by atoms with E-state index in [-0.39, 0.29) is 12.0 Å². The second-order valence-corrected chi connectivity index (χ2v) is 5.28. The van der Waals surface area contributed by atoms with Crippen molar-refractivity contribution in [3.8, 4) is 0 Å². The van der Waals surface area contributed by atoms with Crippen LogP contribution in [0.15, 0.2) is 0 Å². The summed E-state index contributed by atoms with van der Waals surface area (Å²) in [6, 6.07) is 0.650. The summed E-state index contributed by atoms with van der Waals surface area (Å²) < 4.78 is 0. The molecule has 0 radical (unpaired) electrons. The molecule has 0 atom stereocenters. The normalized spacial score (nSPS) is 21.4.